The molecule has 1 aromatic heterocycles. The number of rotatable bonds is 3. The van der Waals surface area contributed by atoms with Crippen molar-refractivity contribution in [2.45, 2.75) is 52.1 Å². The third kappa shape index (κ3) is 4.83. The minimum Gasteiger partial charge on any atom is -0.444 e. The number of amides is 1. The number of anilines is 1. The molecule has 29 heavy (non-hydrogen) atoms. The number of nitrogens with one attached hydrogen (secondary N) is 1. The Balaban J connectivity index is 1.81. The summed E-state index contributed by atoms with van der Waals surface area (Å²) < 4.78 is 47.8. The summed E-state index contributed by atoms with van der Waals surface area (Å²) in [5.74, 6) is 0.637. The molecular weight excluding hydrogens is 385 g/mol. The Bertz CT molecular complexity index is 900. The highest BCUT2D eigenvalue weighted by atomic mass is 19.4. The van der Waals surface area contributed by atoms with Gasteiger partial charge >= 0.3 is 12.3 Å². The molecule has 2 aromatic rings. The first kappa shape index (κ1) is 21.0. The lowest BCUT2D eigenvalue weighted by Crippen LogP contribution is -2.41. The normalized spacial score (nSPS) is 14.5. The monoisotopic (exact) mass is 410 g/mol. The average Bonchev–Trinajstić information content (AvgIpc) is 3.02. The molecule has 0 atom stereocenters. The topological polar surface area (TPSA) is 59.4 Å². The molecule has 6 nitrogen and oxygen atoms in total. The molecule has 0 unspecified atom stereocenters. The molecule has 0 fully saturated rings. The van der Waals surface area contributed by atoms with Crippen LogP contribution in [0.3, 0.4) is 0 Å². The van der Waals surface area contributed by atoms with Crippen LogP contribution in [0.4, 0.5) is 23.7 Å². The average molecular weight is 410 g/mol. The number of carbonyl (C=O) groups is 1. The van der Waals surface area contributed by atoms with E-state index in [-0.39, 0.29) is 18.5 Å². The molecule has 0 spiro atoms. The van der Waals surface area contributed by atoms with Gasteiger partial charge in [-0.2, -0.15) is 13.2 Å². The van der Waals surface area contributed by atoms with Crippen LogP contribution in [-0.2, 0) is 30.4 Å². The minimum absolute atomic E-state index is 0.109. The smallest absolute Gasteiger partial charge is 0.416 e. The second-order valence-electron chi connectivity index (χ2n) is 8.02. The van der Waals surface area contributed by atoms with Gasteiger partial charge in [0.25, 0.3) is 0 Å². The van der Waals surface area contributed by atoms with E-state index in [0.29, 0.717) is 30.3 Å². The van der Waals surface area contributed by atoms with E-state index >= 15 is 0 Å². The first-order valence-electron chi connectivity index (χ1n) is 9.37. The standard InChI is InChI=1S/C20H25F3N4O2/c1-19(2,3)29-18(28)26-7-8-27-15(11-25-17(27)12-26)9-13-5-6-14(24-4)10-16(13)20(21,22)23/h5-6,10-11,24H,7-9,12H2,1-4H3. The number of hydrogen-bond donors (Lipinski definition) is 1. The van der Waals surface area contributed by atoms with E-state index < -0.39 is 23.4 Å². The summed E-state index contributed by atoms with van der Waals surface area (Å²) in [6, 6.07) is 4.24. The number of alkyl halides is 3. The summed E-state index contributed by atoms with van der Waals surface area (Å²) in [4.78, 5) is 18.2. The van der Waals surface area contributed by atoms with Gasteiger partial charge in [-0.05, 0) is 38.5 Å². The predicted molar refractivity (Wildman–Crippen MR) is 103 cm³/mol. The molecule has 1 aromatic carbocycles. The van der Waals surface area contributed by atoms with Crippen molar-refractivity contribution in [3.8, 4) is 0 Å². The van der Waals surface area contributed by atoms with Gasteiger partial charge in [-0.25, -0.2) is 9.78 Å². The fourth-order valence-corrected chi connectivity index (χ4v) is 3.29. The zero-order valence-electron chi connectivity index (χ0n) is 16.9. The Morgan fingerprint density at radius 1 is 1.24 bits per heavy atom. The van der Waals surface area contributed by atoms with Gasteiger partial charge in [0.05, 0.1) is 12.1 Å². The summed E-state index contributed by atoms with van der Waals surface area (Å²) in [5.41, 5.74) is 0.0265. The first-order valence-corrected chi connectivity index (χ1v) is 9.37. The number of ether oxygens (including phenoxy) is 1. The van der Waals surface area contributed by atoms with Gasteiger partial charge < -0.3 is 14.6 Å². The molecule has 1 aliphatic heterocycles. The predicted octanol–water partition coefficient (Wildman–Crippen LogP) is 4.29. The highest BCUT2D eigenvalue weighted by molar-refractivity contribution is 5.68. The van der Waals surface area contributed by atoms with Crippen LogP contribution in [0.15, 0.2) is 24.4 Å². The van der Waals surface area contributed by atoms with Crippen molar-refractivity contribution in [3.05, 3.63) is 47.0 Å². The molecule has 0 saturated heterocycles. The van der Waals surface area contributed by atoms with Gasteiger partial charge in [-0.15, -0.1) is 0 Å². The van der Waals surface area contributed by atoms with E-state index in [4.69, 9.17) is 4.74 Å². The zero-order valence-corrected chi connectivity index (χ0v) is 16.9. The van der Waals surface area contributed by atoms with Crippen molar-refractivity contribution in [2.24, 2.45) is 0 Å². The van der Waals surface area contributed by atoms with Gasteiger partial charge in [-0.3, -0.25) is 4.90 Å². The number of hydrogen-bond acceptors (Lipinski definition) is 4. The quantitative estimate of drug-likeness (QED) is 0.820. The lowest BCUT2D eigenvalue weighted by molar-refractivity contribution is -0.138. The Morgan fingerprint density at radius 2 is 1.97 bits per heavy atom. The zero-order chi connectivity index (χ0) is 21.4. The van der Waals surface area contributed by atoms with Crippen LogP contribution in [0.5, 0.6) is 0 Å². The third-order valence-corrected chi connectivity index (χ3v) is 4.67. The lowest BCUT2D eigenvalue weighted by atomic mass is 10.0. The van der Waals surface area contributed by atoms with Crippen molar-refractivity contribution < 1.29 is 22.7 Å². The number of aromatic nitrogens is 2. The molecule has 1 aliphatic rings. The summed E-state index contributed by atoms with van der Waals surface area (Å²) >= 11 is 0. The van der Waals surface area contributed by atoms with Gasteiger partial charge in [0.15, 0.2) is 0 Å². The second-order valence-corrected chi connectivity index (χ2v) is 8.02. The van der Waals surface area contributed by atoms with Crippen LogP contribution in [0.1, 0.15) is 43.4 Å². The Kier molecular flexibility index (Phi) is 5.51. The number of carbonyl (C=O) groups excluding carboxylic acids is 1. The van der Waals surface area contributed by atoms with E-state index in [2.05, 4.69) is 10.3 Å². The summed E-state index contributed by atoms with van der Waals surface area (Å²) in [6.07, 6.45) is -3.17. The van der Waals surface area contributed by atoms with Gasteiger partial charge in [0.1, 0.15) is 11.4 Å². The fourth-order valence-electron chi connectivity index (χ4n) is 3.29. The third-order valence-electron chi connectivity index (χ3n) is 4.67. The lowest BCUT2D eigenvalue weighted by Gasteiger charge is -2.31. The molecule has 0 bridgehead atoms. The highest BCUT2D eigenvalue weighted by Gasteiger charge is 2.34. The Morgan fingerprint density at radius 3 is 2.59 bits per heavy atom. The Hall–Kier alpha value is -2.71. The summed E-state index contributed by atoms with van der Waals surface area (Å²) in [6.45, 7) is 6.53. The van der Waals surface area contributed by atoms with Crippen LogP contribution in [0, 0.1) is 0 Å². The van der Waals surface area contributed by atoms with Crippen molar-refractivity contribution in [3.63, 3.8) is 0 Å². The van der Waals surface area contributed by atoms with E-state index in [0.717, 1.165) is 6.07 Å². The Labute approximate surface area is 167 Å². The molecule has 0 saturated carbocycles. The molecule has 2 heterocycles. The SMILES string of the molecule is CNc1ccc(Cc2cnc3n2CCN(C(=O)OC(C)(C)C)C3)c(C(F)(F)F)c1. The van der Waals surface area contributed by atoms with E-state index in [9.17, 15) is 18.0 Å². The molecule has 0 radical (unpaired) electrons. The van der Waals surface area contributed by atoms with Gasteiger partial charge in [0, 0.05) is 44.1 Å². The van der Waals surface area contributed by atoms with Gasteiger partial charge in [-0.1, -0.05) is 6.07 Å². The van der Waals surface area contributed by atoms with Crippen LogP contribution in [0.25, 0.3) is 0 Å². The number of nitrogens with zero attached hydrogens (tertiary/aromatic N) is 3. The van der Waals surface area contributed by atoms with Crippen LogP contribution < -0.4 is 5.32 Å². The maximum Gasteiger partial charge on any atom is 0.416 e. The minimum atomic E-state index is -4.44. The summed E-state index contributed by atoms with van der Waals surface area (Å²) in [7, 11) is 1.58. The molecule has 1 N–H and O–H groups in total. The maximum absolute atomic E-state index is 13.5. The highest BCUT2D eigenvalue weighted by Crippen LogP contribution is 2.35. The molecule has 0 aliphatic carbocycles. The largest absolute Gasteiger partial charge is 0.444 e. The van der Waals surface area contributed by atoms with Crippen molar-refractivity contribution >= 4 is 11.8 Å². The molecule has 9 heteroatoms. The van der Waals surface area contributed by atoms with E-state index in [1.54, 1.807) is 45.0 Å². The maximum atomic E-state index is 13.5. The second kappa shape index (κ2) is 7.61. The van der Waals surface area contributed by atoms with E-state index in [1.165, 1.54) is 6.07 Å². The van der Waals surface area contributed by atoms with Gasteiger partial charge in [0.2, 0.25) is 0 Å². The molecule has 158 valence electrons. The number of fused-ring (bicyclic) bond motifs is 1. The number of imidazole rings is 1. The van der Waals surface area contributed by atoms with E-state index in [1.807, 2.05) is 4.57 Å². The molecule has 1 amide bonds. The summed E-state index contributed by atoms with van der Waals surface area (Å²) in [5, 5.41) is 2.74. The van der Waals surface area contributed by atoms with Crippen LogP contribution >= 0.6 is 0 Å². The molecule has 3 rings (SSSR count). The first-order chi connectivity index (χ1) is 13.5. The van der Waals surface area contributed by atoms with Crippen molar-refractivity contribution in [2.75, 3.05) is 18.9 Å². The fraction of sp³-hybridized carbons (Fsp3) is 0.500. The molecular formula is C20H25F3N4O2. The van der Waals surface area contributed by atoms with Crippen molar-refractivity contribution in [1.29, 1.82) is 0 Å². The van der Waals surface area contributed by atoms with Crippen LogP contribution in [0.2, 0.25) is 0 Å². The number of halogens is 3. The van der Waals surface area contributed by atoms with Crippen LogP contribution in [-0.4, -0.2) is 39.7 Å². The van der Waals surface area contributed by atoms with Crippen molar-refractivity contribution in [1.82, 2.24) is 14.5 Å². The number of benzene rings is 1.